The van der Waals surface area contributed by atoms with E-state index in [0.717, 1.165) is 43.9 Å². The maximum Gasteiger partial charge on any atom is 0.130 e. The lowest BCUT2D eigenvalue weighted by Gasteiger charge is -2.04. The largest absolute Gasteiger partial charge is 0.381 e. The lowest BCUT2D eigenvalue weighted by atomic mass is 10.3. The van der Waals surface area contributed by atoms with Crippen LogP contribution in [-0.4, -0.2) is 29.7 Å². The van der Waals surface area contributed by atoms with Gasteiger partial charge >= 0.3 is 0 Å². The first-order valence-electron chi connectivity index (χ1n) is 5.95. The number of hydrogen-bond acceptors (Lipinski definition) is 4. The maximum absolute atomic E-state index is 5.25. The highest BCUT2D eigenvalue weighted by atomic mass is 16.5. The molecule has 0 fully saturated rings. The Morgan fingerprint density at radius 1 is 1.25 bits per heavy atom. The van der Waals surface area contributed by atoms with Crippen LogP contribution in [-0.2, 0) is 17.7 Å². The second-order valence-electron chi connectivity index (χ2n) is 3.63. The lowest BCUT2D eigenvalue weighted by molar-refractivity contribution is 0.149. The standard InChI is InChI=1S/C12H21N3O/c1-3-6-13-8-11-9-14-12(15-10-11)5-7-16-4-2/h9-10,13H,3-8H2,1-2H3. The van der Waals surface area contributed by atoms with E-state index in [-0.39, 0.29) is 0 Å². The van der Waals surface area contributed by atoms with Gasteiger partial charge in [-0.25, -0.2) is 9.97 Å². The smallest absolute Gasteiger partial charge is 0.130 e. The molecule has 1 heterocycles. The van der Waals surface area contributed by atoms with Gasteiger partial charge in [0.1, 0.15) is 5.82 Å². The van der Waals surface area contributed by atoms with E-state index >= 15 is 0 Å². The third kappa shape index (κ3) is 5.19. The van der Waals surface area contributed by atoms with Gasteiger partial charge < -0.3 is 10.1 Å². The van der Waals surface area contributed by atoms with Crippen molar-refractivity contribution in [2.24, 2.45) is 0 Å². The van der Waals surface area contributed by atoms with Crippen molar-refractivity contribution in [2.45, 2.75) is 33.2 Å². The first kappa shape index (κ1) is 13.1. The monoisotopic (exact) mass is 223 g/mol. The molecule has 0 saturated heterocycles. The molecule has 1 aromatic rings. The Hall–Kier alpha value is -1.00. The summed E-state index contributed by atoms with van der Waals surface area (Å²) in [5.41, 5.74) is 1.13. The minimum atomic E-state index is 0.698. The van der Waals surface area contributed by atoms with Crippen molar-refractivity contribution in [1.29, 1.82) is 0 Å². The lowest BCUT2D eigenvalue weighted by Crippen LogP contribution is -2.14. The molecular weight excluding hydrogens is 202 g/mol. The molecule has 0 saturated carbocycles. The zero-order chi connectivity index (χ0) is 11.6. The summed E-state index contributed by atoms with van der Waals surface area (Å²) in [6, 6.07) is 0. The molecule has 0 aliphatic heterocycles. The number of nitrogens with zero attached hydrogens (tertiary/aromatic N) is 2. The van der Waals surface area contributed by atoms with E-state index in [9.17, 15) is 0 Å². The van der Waals surface area contributed by atoms with E-state index < -0.39 is 0 Å². The molecule has 0 aromatic carbocycles. The second-order valence-corrected chi connectivity index (χ2v) is 3.63. The summed E-state index contributed by atoms with van der Waals surface area (Å²) >= 11 is 0. The van der Waals surface area contributed by atoms with E-state index in [1.54, 1.807) is 0 Å². The molecule has 0 aliphatic carbocycles. The molecule has 0 spiro atoms. The average Bonchev–Trinajstić information content (AvgIpc) is 2.32. The first-order valence-corrected chi connectivity index (χ1v) is 5.95. The molecular formula is C12H21N3O. The van der Waals surface area contributed by atoms with Gasteiger partial charge in [0.2, 0.25) is 0 Å². The summed E-state index contributed by atoms with van der Waals surface area (Å²) in [6.07, 6.45) is 5.71. The number of aromatic nitrogens is 2. The highest BCUT2D eigenvalue weighted by Crippen LogP contribution is 1.97. The van der Waals surface area contributed by atoms with Crippen LogP contribution in [0.4, 0.5) is 0 Å². The van der Waals surface area contributed by atoms with Gasteiger partial charge in [-0.3, -0.25) is 0 Å². The van der Waals surface area contributed by atoms with Gasteiger partial charge in [0.05, 0.1) is 6.61 Å². The van der Waals surface area contributed by atoms with Gasteiger partial charge in [-0.1, -0.05) is 6.92 Å². The molecule has 0 amide bonds. The molecule has 4 nitrogen and oxygen atoms in total. The molecule has 0 bridgehead atoms. The quantitative estimate of drug-likeness (QED) is 0.679. The summed E-state index contributed by atoms with van der Waals surface area (Å²) in [5.74, 6) is 0.854. The zero-order valence-electron chi connectivity index (χ0n) is 10.2. The van der Waals surface area contributed by atoms with Gasteiger partial charge in [0.15, 0.2) is 0 Å². The van der Waals surface area contributed by atoms with Gasteiger partial charge in [-0.15, -0.1) is 0 Å². The van der Waals surface area contributed by atoms with Crippen molar-refractivity contribution in [2.75, 3.05) is 19.8 Å². The summed E-state index contributed by atoms with van der Waals surface area (Å²) in [5, 5.41) is 3.32. The van der Waals surface area contributed by atoms with Crippen LogP contribution in [0.25, 0.3) is 0 Å². The molecule has 1 aromatic heterocycles. The van der Waals surface area contributed by atoms with Gasteiger partial charge in [-0.2, -0.15) is 0 Å². The van der Waals surface area contributed by atoms with Crippen LogP contribution >= 0.6 is 0 Å². The van der Waals surface area contributed by atoms with Crippen molar-refractivity contribution < 1.29 is 4.74 Å². The van der Waals surface area contributed by atoms with Crippen molar-refractivity contribution in [3.8, 4) is 0 Å². The number of ether oxygens (including phenoxy) is 1. The van der Waals surface area contributed by atoms with Crippen LogP contribution in [0, 0.1) is 0 Å². The Labute approximate surface area is 97.5 Å². The minimum Gasteiger partial charge on any atom is -0.381 e. The summed E-state index contributed by atoms with van der Waals surface area (Å²) in [6.45, 7) is 7.47. The normalized spacial score (nSPS) is 10.6. The van der Waals surface area contributed by atoms with Crippen LogP contribution in [0.2, 0.25) is 0 Å². The van der Waals surface area contributed by atoms with E-state index in [0.29, 0.717) is 6.61 Å². The van der Waals surface area contributed by atoms with Crippen LogP contribution < -0.4 is 5.32 Å². The molecule has 0 radical (unpaired) electrons. The summed E-state index contributed by atoms with van der Waals surface area (Å²) < 4.78 is 5.25. The molecule has 1 rings (SSSR count). The van der Waals surface area contributed by atoms with Crippen molar-refractivity contribution in [3.05, 3.63) is 23.8 Å². The van der Waals surface area contributed by atoms with Gasteiger partial charge in [0, 0.05) is 37.5 Å². The molecule has 16 heavy (non-hydrogen) atoms. The Morgan fingerprint density at radius 2 is 2.00 bits per heavy atom. The average molecular weight is 223 g/mol. The van der Waals surface area contributed by atoms with Gasteiger partial charge in [-0.05, 0) is 19.9 Å². The summed E-state index contributed by atoms with van der Waals surface area (Å²) in [4.78, 5) is 8.60. The van der Waals surface area contributed by atoms with E-state index in [1.807, 2.05) is 19.3 Å². The second kappa shape index (κ2) is 8.19. The maximum atomic E-state index is 5.25. The highest BCUT2D eigenvalue weighted by molar-refractivity contribution is 5.04. The number of rotatable bonds is 8. The van der Waals surface area contributed by atoms with E-state index in [1.165, 1.54) is 0 Å². The van der Waals surface area contributed by atoms with Crippen molar-refractivity contribution in [3.63, 3.8) is 0 Å². The van der Waals surface area contributed by atoms with Crippen LogP contribution in [0.1, 0.15) is 31.7 Å². The van der Waals surface area contributed by atoms with Crippen molar-refractivity contribution in [1.82, 2.24) is 15.3 Å². The predicted octanol–water partition coefficient (Wildman–Crippen LogP) is 1.56. The SMILES string of the molecule is CCCNCc1cnc(CCOCC)nc1. The third-order valence-corrected chi connectivity index (χ3v) is 2.19. The fourth-order valence-electron chi connectivity index (χ4n) is 1.32. The fraction of sp³-hybridized carbons (Fsp3) is 0.667. The number of nitrogens with one attached hydrogen (secondary N) is 1. The van der Waals surface area contributed by atoms with Crippen LogP contribution in [0.5, 0.6) is 0 Å². The Balaban J connectivity index is 2.30. The molecule has 4 heteroatoms. The Bertz CT molecular complexity index is 245. The number of hydrogen-bond donors (Lipinski definition) is 1. The van der Waals surface area contributed by atoms with Crippen molar-refractivity contribution >= 4 is 0 Å². The molecule has 0 atom stereocenters. The highest BCUT2D eigenvalue weighted by Gasteiger charge is 1.97. The zero-order valence-corrected chi connectivity index (χ0v) is 10.2. The molecule has 0 unspecified atom stereocenters. The van der Waals surface area contributed by atoms with Gasteiger partial charge in [0.25, 0.3) is 0 Å². The molecule has 0 aliphatic rings. The minimum absolute atomic E-state index is 0.698. The third-order valence-electron chi connectivity index (χ3n) is 2.19. The van der Waals surface area contributed by atoms with E-state index in [2.05, 4.69) is 22.2 Å². The van der Waals surface area contributed by atoms with Crippen LogP contribution in [0.3, 0.4) is 0 Å². The Kier molecular flexibility index (Phi) is 6.69. The summed E-state index contributed by atoms with van der Waals surface area (Å²) in [7, 11) is 0. The Morgan fingerprint density at radius 3 is 2.62 bits per heavy atom. The molecule has 1 N–H and O–H groups in total. The predicted molar refractivity (Wildman–Crippen MR) is 64.2 cm³/mol. The van der Waals surface area contributed by atoms with E-state index in [4.69, 9.17) is 4.74 Å². The first-order chi connectivity index (χ1) is 7.86. The molecule has 90 valence electrons. The topological polar surface area (TPSA) is 47.0 Å². The fourth-order valence-corrected chi connectivity index (χ4v) is 1.32. The van der Waals surface area contributed by atoms with Crippen LogP contribution in [0.15, 0.2) is 12.4 Å².